The first-order chi connectivity index (χ1) is 13.4. The number of carbonyl (C=O) groups excluding carboxylic acids is 1. The standard InChI is InChI=1S/C22H27BrN4O.HI/c1-24-21(25-14-16-7-9-17(10-8-16)20(28)27(2)3)26-15-22(11-12-22)18-5-4-6-19(23)13-18;/h4-10,13H,11-12,14-15H2,1-3H3,(H2,24,25,26);1H. The van der Waals surface area contributed by atoms with Crippen molar-refractivity contribution < 1.29 is 4.79 Å². The number of hydrogen-bond donors (Lipinski definition) is 2. The van der Waals surface area contributed by atoms with Crippen molar-refractivity contribution in [2.45, 2.75) is 24.8 Å². The van der Waals surface area contributed by atoms with Crippen molar-refractivity contribution in [3.8, 4) is 0 Å². The molecule has 0 atom stereocenters. The summed E-state index contributed by atoms with van der Waals surface area (Å²) in [7, 11) is 5.30. The predicted molar refractivity (Wildman–Crippen MR) is 133 cm³/mol. The lowest BCUT2D eigenvalue weighted by atomic mass is 9.96. The van der Waals surface area contributed by atoms with Crippen LogP contribution in [0.25, 0.3) is 0 Å². The van der Waals surface area contributed by atoms with Gasteiger partial charge in [0.2, 0.25) is 0 Å². The Morgan fingerprint density at radius 3 is 2.38 bits per heavy atom. The van der Waals surface area contributed by atoms with Gasteiger partial charge in [-0.3, -0.25) is 9.79 Å². The molecule has 0 unspecified atom stereocenters. The summed E-state index contributed by atoms with van der Waals surface area (Å²) >= 11 is 3.57. The summed E-state index contributed by atoms with van der Waals surface area (Å²) in [6.07, 6.45) is 2.38. The molecule has 1 fully saturated rings. The van der Waals surface area contributed by atoms with Gasteiger partial charge in [-0.1, -0.05) is 40.2 Å². The molecular formula is C22H28BrIN4O. The van der Waals surface area contributed by atoms with Crippen LogP contribution < -0.4 is 10.6 Å². The largest absolute Gasteiger partial charge is 0.356 e. The van der Waals surface area contributed by atoms with Crippen LogP contribution in [-0.4, -0.2) is 44.5 Å². The molecule has 1 amide bonds. The highest BCUT2D eigenvalue weighted by atomic mass is 127. The first-order valence-electron chi connectivity index (χ1n) is 9.45. The number of nitrogens with one attached hydrogen (secondary N) is 2. The third-order valence-electron chi connectivity index (χ3n) is 5.18. The van der Waals surface area contributed by atoms with E-state index < -0.39 is 0 Å². The number of rotatable bonds is 6. The molecule has 1 saturated carbocycles. The van der Waals surface area contributed by atoms with Gasteiger partial charge in [-0.25, -0.2) is 0 Å². The summed E-state index contributed by atoms with van der Waals surface area (Å²) in [6, 6.07) is 16.2. The SMILES string of the molecule is CN=C(NCc1ccc(C(=O)N(C)C)cc1)NCC1(c2cccc(Br)c2)CC1.I. The summed E-state index contributed by atoms with van der Waals surface area (Å²) in [6.45, 7) is 1.51. The first-order valence-corrected chi connectivity index (χ1v) is 10.2. The maximum atomic E-state index is 12.0. The molecule has 2 aromatic rings. The van der Waals surface area contributed by atoms with E-state index in [1.165, 1.54) is 18.4 Å². The Morgan fingerprint density at radius 1 is 1.14 bits per heavy atom. The molecule has 7 heteroatoms. The molecule has 0 aliphatic heterocycles. The van der Waals surface area contributed by atoms with E-state index in [1.54, 1.807) is 26.0 Å². The van der Waals surface area contributed by atoms with E-state index in [1.807, 2.05) is 24.3 Å². The minimum Gasteiger partial charge on any atom is -0.356 e. The minimum atomic E-state index is 0. The molecule has 156 valence electrons. The Bertz CT molecular complexity index is 863. The van der Waals surface area contributed by atoms with Gasteiger partial charge in [-0.15, -0.1) is 24.0 Å². The average Bonchev–Trinajstić information content (AvgIpc) is 3.49. The molecular weight excluding hydrogens is 543 g/mol. The number of aliphatic imine (C=N–C) groups is 1. The van der Waals surface area contributed by atoms with Gasteiger partial charge >= 0.3 is 0 Å². The van der Waals surface area contributed by atoms with E-state index in [9.17, 15) is 4.79 Å². The Balaban J connectivity index is 0.00000300. The molecule has 29 heavy (non-hydrogen) atoms. The highest BCUT2D eigenvalue weighted by molar-refractivity contribution is 14.0. The zero-order chi connectivity index (χ0) is 20.1. The van der Waals surface area contributed by atoms with Crippen molar-refractivity contribution in [1.82, 2.24) is 15.5 Å². The van der Waals surface area contributed by atoms with Crippen LogP contribution >= 0.6 is 39.9 Å². The second kappa shape index (κ2) is 10.4. The first kappa shape index (κ1) is 23.7. The van der Waals surface area contributed by atoms with Crippen molar-refractivity contribution >= 4 is 51.8 Å². The fourth-order valence-corrected chi connectivity index (χ4v) is 3.62. The van der Waals surface area contributed by atoms with E-state index in [0.29, 0.717) is 12.1 Å². The number of halogens is 2. The van der Waals surface area contributed by atoms with Gasteiger partial charge in [0.25, 0.3) is 5.91 Å². The summed E-state index contributed by atoms with van der Waals surface area (Å²) < 4.78 is 1.12. The molecule has 2 N–H and O–H groups in total. The second-order valence-corrected chi connectivity index (χ2v) is 8.38. The molecule has 0 spiro atoms. The lowest BCUT2D eigenvalue weighted by molar-refractivity contribution is 0.0827. The minimum absolute atomic E-state index is 0. The topological polar surface area (TPSA) is 56.7 Å². The van der Waals surface area contributed by atoms with E-state index in [4.69, 9.17) is 0 Å². The number of amides is 1. The van der Waals surface area contributed by atoms with Crippen LogP contribution in [0, 0.1) is 0 Å². The van der Waals surface area contributed by atoms with Gasteiger partial charge in [0.15, 0.2) is 5.96 Å². The zero-order valence-corrected chi connectivity index (χ0v) is 21.0. The van der Waals surface area contributed by atoms with E-state index in [2.05, 4.69) is 55.8 Å². The quantitative estimate of drug-likeness (QED) is 0.311. The zero-order valence-electron chi connectivity index (χ0n) is 17.0. The van der Waals surface area contributed by atoms with Gasteiger partial charge < -0.3 is 15.5 Å². The predicted octanol–water partition coefficient (Wildman–Crippen LogP) is 4.17. The van der Waals surface area contributed by atoms with Crippen molar-refractivity contribution in [3.05, 3.63) is 69.7 Å². The molecule has 0 bridgehead atoms. The maximum Gasteiger partial charge on any atom is 0.253 e. The molecule has 1 aliphatic rings. The van der Waals surface area contributed by atoms with Crippen LogP contribution in [-0.2, 0) is 12.0 Å². The van der Waals surface area contributed by atoms with Crippen molar-refractivity contribution in [1.29, 1.82) is 0 Å². The van der Waals surface area contributed by atoms with Crippen LogP contribution in [0.4, 0.5) is 0 Å². The number of hydrogen-bond acceptors (Lipinski definition) is 2. The summed E-state index contributed by atoms with van der Waals surface area (Å²) in [5.41, 5.74) is 3.37. The third kappa shape index (κ3) is 6.18. The van der Waals surface area contributed by atoms with Gasteiger partial charge in [-0.05, 0) is 48.2 Å². The van der Waals surface area contributed by atoms with E-state index in [-0.39, 0.29) is 35.3 Å². The Labute approximate surface area is 198 Å². The van der Waals surface area contributed by atoms with Crippen LogP contribution in [0.2, 0.25) is 0 Å². The fraction of sp³-hybridized carbons (Fsp3) is 0.364. The fourth-order valence-electron chi connectivity index (χ4n) is 3.22. The van der Waals surface area contributed by atoms with Crippen LogP contribution in [0.3, 0.4) is 0 Å². The molecule has 5 nitrogen and oxygen atoms in total. The Hall–Kier alpha value is -1.61. The highest BCUT2D eigenvalue weighted by Gasteiger charge is 2.44. The van der Waals surface area contributed by atoms with Gasteiger partial charge in [-0.2, -0.15) is 0 Å². The van der Waals surface area contributed by atoms with Gasteiger partial charge in [0, 0.05) is 49.7 Å². The van der Waals surface area contributed by atoms with E-state index >= 15 is 0 Å². The highest BCUT2D eigenvalue weighted by Crippen LogP contribution is 2.48. The van der Waals surface area contributed by atoms with E-state index in [0.717, 1.165) is 22.5 Å². The molecule has 0 aromatic heterocycles. The lowest BCUT2D eigenvalue weighted by Crippen LogP contribution is -2.40. The lowest BCUT2D eigenvalue weighted by Gasteiger charge is -2.19. The number of nitrogens with zero attached hydrogens (tertiary/aromatic N) is 2. The van der Waals surface area contributed by atoms with Gasteiger partial charge in [0.05, 0.1) is 0 Å². The smallest absolute Gasteiger partial charge is 0.253 e. The van der Waals surface area contributed by atoms with Crippen molar-refractivity contribution in [3.63, 3.8) is 0 Å². The maximum absolute atomic E-state index is 12.0. The number of carbonyl (C=O) groups is 1. The molecule has 1 aliphatic carbocycles. The molecule has 0 heterocycles. The van der Waals surface area contributed by atoms with Crippen LogP contribution in [0.15, 0.2) is 58.0 Å². The third-order valence-corrected chi connectivity index (χ3v) is 5.67. The number of guanidine groups is 1. The normalized spacial score (nSPS) is 14.6. The number of benzene rings is 2. The molecule has 3 rings (SSSR count). The van der Waals surface area contributed by atoms with Gasteiger partial charge in [0.1, 0.15) is 0 Å². The Kier molecular flexibility index (Phi) is 8.51. The van der Waals surface area contributed by atoms with Crippen molar-refractivity contribution in [2.24, 2.45) is 4.99 Å². The molecule has 0 saturated heterocycles. The van der Waals surface area contributed by atoms with Crippen LogP contribution in [0.5, 0.6) is 0 Å². The molecule has 0 radical (unpaired) electrons. The monoisotopic (exact) mass is 570 g/mol. The van der Waals surface area contributed by atoms with Crippen molar-refractivity contribution in [2.75, 3.05) is 27.7 Å². The average molecular weight is 571 g/mol. The Morgan fingerprint density at radius 2 is 1.83 bits per heavy atom. The summed E-state index contributed by atoms with van der Waals surface area (Å²) in [5.74, 6) is 0.800. The second-order valence-electron chi connectivity index (χ2n) is 7.47. The molecule has 2 aromatic carbocycles. The summed E-state index contributed by atoms with van der Waals surface area (Å²) in [5, 5.41) is 6.82. The van der Waals surface area contributed by atoms with Crippen LogP contribution in [0.1, 0.15) is 34.3 Å². The summed E-state index contributed by atoms with van der Waals surface area (Å²) in [4.78, 5) is 17.9.